The summed E-state index contributed by atoms with van der Waals surface area (Å²) in [4.78, 5) is 0.686. The van der Waals surface area contributed by atoms with Crippen LogP contribution in [0.4, 0.5) is 0 Å². The number of rotatable bonds is 4. The average Bonchev–Trinajstić information content (AvgIpc) is 2.34. The molecule has 1 unspecified atom stereocenters. The van der Waals surface area contributed by atoms with Crippen LogP contribution in [0.25, 0.3) is 0 Å². The molecular formula is C14H18O2S. The molecule has 0 saturated heterocycles. The van der Waals surface area contributed by atoms with Gasteiger partial charge >= 0.3 is 0 Å². The molecule has 1 N–H and O–H groups in total. The molecule has 17 heavy (non-hydrogen) atoms. The fraction of sp³-hybridized carbons (Fsp3) is 0.429. The third-order valence-electron chi connectivity index (χ3n) is 2.38. The monoisotopic (exact) mass is 250 g/mol. The molecule has 2 nitrogen and oxygen atoms in total. The Morgan fingerprint density at radius 3 is 2.59 bits per heavy atom. The van der Waals surface area contributed by atoms with E-state index in [4.69, 9.17) is 0 Å². The van der Waals surface area contributed by atoms with Crippen LogP contribution in [-0.2, 0) is 10.8 Å². The maximum Gasteiger partial charge on any atom is 0.130 e. The Balaban J connectivity index is 2.60. The Bertz CT molecular complexity index is 426. The van der Waals surface area contributed by atoms with Gasteiger partial charge in [-0.25, -0.2) is 4.21 Å². The van der Waals surface area contributed by atoms with Gasteiger partial charge in [0.1, 0.15) is 16.9 Å². The lowest BCUT2D eigenvalue weighted by Crippen LogP contribution is -2.02. The van der Waals surface area contributed by atoms with Crippen LogP contribution in [0.15, 0.2) is 29.2 Å². The zero-order valence-electron chi connectivity index (χ0n) is 10.3. The van der Waals surface area contributed by atoms with Gasteiger partial charge in [0.2, 0.25) is 0 Å². The van der Waals surface area contributed by atoms with Crippen LogP contribution in [0.1, 0.15) is 31.7 Å². The van der Waals surface area contributed by atoms with Crippen molar-refractivity contribution in [3.8, 4) is 11.2 Å². The van der Waals surface area contributed by atoms with Gasteiger partial charge in [-0.05, 0) is 25.5 Å². The van der Waals surface area contributed by atoms with Gasteiger partial charge in [0.15, 0.2) is 0 Å². The van der Waals surface area contributed by atoms with E-state index < -0.39 is 16.9 Å². The molecule has 92 valence electrons. The Kier molecular flexibility index (Phi) is 5.96. The summed E-state index contributed by atoms with van der Waals surface area (Å²) in [6.07, 6.45) is 1.95. The van der Waals surface area contributed by atoms with Crippen molar-refractivity contribution in [2.45, 2.75) is 44.1 Å². The summed E-state index contributed by atoms with van der Waals surface area (Å²) in [5.74, 6) is 2.64. The third-order valence-corrected chi connectivity index (χ3v) is 3.39. The first-order valence-corrected chi connectivity index (χ1v) is 6.96. The van der Waals surface area contributed by atoms with Gasteiger partial charge in [-0.1, -0.05) is 43.4 Å². The lowest BCUT2D eigenvalue weighted by molar-refractivity contribution is 0.218. The van der Waals surface area contributed by atoms with Crippen LogP contribution in [-0.4, -0.2) is 15.4 Å². The Morgan fingerprint density at radius 2 is 2.00 bits per heavy atom. The van der Waals surface area contributed by atoms with Crippen LogP contribution >= 0.6 is 0 Å². The summed E-state index contributed by atoms with van der Waals surface area (Å²) in [5, 5.41) is 12.1. The summed E-state index contributed by atoms with van der Waals surface area (Å²) >= 11 is 0. The number of aliphatic hydroxyl groups is 1. The minimum atomic E-state index is -1.34. The summed E-state index contributed by atoms with van der Waals surface area (Å²) in [6, 6.07) is 7.42. The first-order valence-electron chi connectivity index (χ1n) is 5.81. The van der Waals surface area contributed by atoms with Gasteiger partial charge in [-0.3, -0.25) is 0 Å². The molecule has 1 rings (SSSR count). The molecule has 0 aromatic heterocycles. The van der Waals surface area contributed by atoms with Crippen LogP contribution in [0.2, 0.25) is 0 Å². The number of hydrogen-bond donors (Lipinski definition) is 1. The minimum Gasteiger partial charge on any atom is -0.380 e. The zero-order valence-corrected chi connectivity index (χ0v) is 11.1. The molecule has 3 heteroatoms. The first kappa shape index (κ1) is 14.0. The van der Waals surface area contributed by atoms with Gasteiger partial charge in [-0.2, -0.15) is 0 Å². The van der Waals surface area contributed by atoms with Gasteiger partial charge in [0.05, 0.1) is 4.90 Å². The van der Waals surface area contributed by atoms with E-state index in [1.807, 2.05) is 19.1 Å². The van der Waals surface area contributed by atoms with Gasteiger partial charge in [0, 0.05) is 5.25 Å². The second-order valence-electron chi connectivity index (χ2n) is 3.99. The van der Waals surface area contributed by atoms with E-state index in [1.54, 1.807) is 12.1 Å². The van der Waals surface area contributed by atoms with Crippen molar-refractivity contribution >= 4 is 10.8 Å². The Hall–Kier alpha value is -1.11. The molecule has 0 heterocycles. The highest BCUT2D eigenvalue weighted by Gasteiger charge is 2.01. The average molecular weight is 250 g/mol. The molecule has 2 atom stereocenters. The van der Waals surface area contributed by atoms with Gasteiger partial charge in [0.25, 0.3) is 0 Å². The maximum absolute atomic E-state index is 11.8. The van der Waals surface area contributed by atoms with E-state index in [9.17, 15) is 9.32 Å². The minimum absolute atomic E-state index is 0.647. The van der Waals surface area contributed by atoms with Crippen molar-refractivity contribution in [2.24, 2.45) is 0 Å². The van der Waals surface area contributed by atoms with Crippen molar-refractivity contribution in [3.05, 3.63) is 29.8 Å². The standard InChI is InChI=1S/C14H18O2S/c1-3-4-5-13(15)10-11-17(16)14-8-6-12(2)7-9-14/h6-9,13,15H,3-5H2,1-2H3/t13?,17-/m1/s1. The van der Waals surface area contributed by atoms with Crippen LogP contribution in [0.5, 0.6) is 0 Å². The van der Waals surface area contributed by atoms with Crippen LogP contribution in [0.3, 0.4) is 0 Å². The molecule has 0 saturated carbocycles. The highest BCUT2D eigenvalue weighted by molar-refractivity contribution is 7.89. The second-order valence-corrected chi connectivity index (χ2v) is 5.20. The van der Waals surface area contributed by atoms with E-state index in [2.05, 4.69) is 18.1 Å². The molecule has 0 aliphatic heterocycles. The van der Waals surface area contributed by atoms with Crippen LogP contribution in [0, 0.1) is 18.1 Å². The van der Waals surface area contributed by atoms with E-state index in [1.165, 1.54) is 0 Å². The van der Waals surface area contributed by atoms with E-state index >= 15 is 0 Å². The SMILES string of the molecule is CCCCC(O)C#C[S@@](=O)c1ccc(C)cc1. The van der Waals surface area contributed by atoms with E-state index in [0.29, 0.717) is 11.3 Å². The summed E-state index contributed by atoms with van der Waals surface area (Å²) < 4.78 is 11.8. The fourth-order valence-electron chi connectivity index (χ4n) is 1.31. The van der Waals surface area contributed by atoms with Crippen molar-refractivity contribution in [3.63, 3.8) is 0 Å². The summed E-state index contributed by atoms with van der Waals surface area (Å²) in [6.45, 7) is 4.04. The van der Waals surface area contributed by atoms with Crippen molar-refractivity contribution in [1.82, 2.24) is 0 Å². The molecule has 0 aliphatic carbocycles. The molecule has 0 fully saturated rings. The third kappa shape index (κ3) is 5.16. The number of aliphatic hydroxyl groups excluding tert-OH is 1. The lowest BCUT2D eigenvalue weighted by Gasteiger charge is -2.00. The summed E-state index contributed by atoms with van der Waals surface area (Å²) in [5.41, 5.74) is 1.13. The second kappa shape index (κ2) is 7.26. The first-order chi connectivity index (χ1) is 8.13. The topological polar surface area (TPSA) is 37.3 Å². The predicted molar refractivity (Wildman–Crippen MR) is 70.9 cm³/mol. The lowest BCUT2D eigenvalue weighted by atomic mass is 10.2. The Labute approximate surface area is 106 Å². The van der Waals surface area contributed by atoms with Crippen molar-refractivity contribution < 1.29 is 9.32 Å². The molecule has 1 aromatic carbocycles. The highest BCUT2D eigenvalue weighted by Crippen LogP contribution is 2.07. The van der Waals surface area contributed by atoms with Crippen molar-refractivity contribution in [1.29, 1.82) is 0 Å². The fourth-order valence-corrected chi connectivity index (χ4v) is 2.06. The number of hydrogen-bond acceptors (Lipinski definition) is 2. The number of aryl methyl sites for hydroxylation is 1. The van der Waals surface area contributed by atoms with Crippen molar-refractivity contribution in [2.75, 3.05) is 0 Å². The maximum atomic E-state index is 11.8. The molecule has 0 spiro atoms. The molecule has 0 bridgehead atoms. The highest BCUT2D eigenvalue weighted by atomic mass is 32.2. The summed E-state index contributed by atoms with van der Waals surface area (Å²) in [7, 11) is -1.34. The molecule has 1 aromatic rings. The molecule has 0 aliphatic rings. The zero-order chi connectivity index (χ0) is 12.7. The van der Waals surface area contributed by atoms with E-state index in [-0.39, 0.29) is 0 Å². The smallest absolute Gasteiger partial charge is 0.130 e. The molecule has 0 radical (unpaired) electrons. The van der Waals surface area contributed by atoms with Crippen LogP contribution < -0.4 is 0 Å². The predicted octanol–water partition coefficient (Wildman–Crippen LogP) is 2.61. The quantitative estimate of drug-likeness (QED) is 0.834. The largest absolute Gasteiger partial charge is 0.380 e. The molecule has 0 amide bonds. The molecular weight excluding hydrogens is 232 g/mol. The van der Waals surface area contributed by atoms with Gasteiger partial charge in [-0.15, -0.1) is 0 Å². The van der Waals surface area contributed by atoms with E-state index in [0.717, 1.165) is 18.4 Å². The normalized spacial score (nSPS) is 13.6. The Morgan fingerprint density at radius 1 is 1.35 bits per heavy atom. The number of benzene rings is 1. The van der Waals surface area contributed by atoms with Gasteiger partial charge < -0.3 is 5.11 Å². The number of unbranched alkanes of at least 4 members (excludes halogenated alkanes) is 1.